The van der Waals surface area contributed by atoms with Crippen molar-refractivity contribution in [3.8, 4) is 22.6 Å². The van der Waals surface area contributed by atoms with E-state index < -0.39 is 0 Å². The number of amidine groups is 2. The van der Waals surface area contributed by atoms with Crippen LogP contribution in [-0.4, -0.2) is 24.1 Å². The Morgan fingerprint density at radius 1 is 0.955 bits per heavy atom. The monoisotopic (exact) mass is 608 g/mol. The summed E-state index contributed by atoms with van der Waals surface area (Å²) in [5.74, 6) is 1.59. The van der Waals surface area contributed by atoms with Gasteiger partial charge in [-0.15, -0.1) is 0 Å². The lowest BCUT2D eigenvalue weighted by atomic mass is 9.78. The molecule has 4 N–H and O–H groups in total. The Bertz CT molecular complexity index is 1740. The first kappa shape index (κ1) is 31.3. The summed E-state index contributed by atoms with van der Waals surface area (Å²) in [6.07, 6.45) is 6.46. The maximum absolute atomic E-state index is 12.6. The zero-order chi connectivity index (χ0) is 31.4. The van der Waals surface area contributed by atoms with Crippen LogP contribution < -0.4 is 15.8 Å². The fourth-order valence-electron chi connectivity index (χ4n) is 5.84. The van der Waals surface area contributed by atoms with Gasteiger partial charge in [0.25, 0.3) is 5.91 Å². The van der Waals surface area contributed by atoms with Gasteiger partial charge < -0.3 is 15.8 Å². The number of hydrogen-bond acceptors (Lipinski definition) is 4. The fraction of sp³-hybridized carbons (Fsp3) is 0.324. The SMILES string of the molecule is CCCCCC(C)(C)c1cc(Oc2ccc(C(=O)NCCCC)cc2)c2c(-c3ccccc3Cl)c3c(cc2c1)C(=N)N=C3N. The van der Waals surface area contributed by atoms with E-state index in [1.807, 2.05) is 42.5 Å². The molecule has 1 heterocycles. The molecule has 4 aromatic carbocycles. The highest BCUT2D eigenvalue weighted by atomic mass is 35.5. The second kappa shape index (κ2) is 13.2. The lowest BCUT2D eigenvalue weighted by Crippen LogP contribution is -2.24. The molecule has 0 bridgehead atoms. The van der Waals surface area contributed by atoms with Gasteiger partial charge in [0, 0.05) is 44.8 Å². The zero-order valence-corrected chi connectivity index (χ0v) is 26.8. The minimum Gasteiger partial charge on any atom is -0.457 e. The molecule has 1 aliphatic rings. The number of nitrogens with zero attached hydrogens (tertiary/aromatic N) is 1. The van der Waals surface area contributed by atoms with Crippen molar-refractivity contribution in [1.29, 1.82) is 5.41 Å². The predicted octanol–water partition coefficient (Wildman–Crippen LogP) is 9.38. The standard InChI is InChI=1S/C37H41ClN4O2/c1-5-7-11-18-37(3,4)25-20-24-21-28-33(35(40)42-34(28)39)32(27-12-9-10-13-29(27)38)31(24)30(22-25)44-26-16-14-23(15-17-26)36(43)41-19-8-6-2/h9-10,12-17,20-22H,5-8,11,18-19H2,1-4H3,(H,41,43)(H3,39,40,42). The van der Waals surface area contributed by atoms with Crippen LogP contribution in [-0.2, 0) is 5.41 Å². The number of aliphatic imine (C=N–C) groups is 1. The Labute approximate surface area is 265 Å². The van der Waals surface area contributed by atoms with Crippen molar-refractivity contribution < 1.29 is 9.53 Å². The molecular weight excluding hydrogens is 568 g/mol. The molecule has 0 spiro atoms. The second-order valence-electron chi connectivity index (χ2n) is 12.1. The number of nitrogens with two attached hydrogens (primary N) is 1. The highest BCUT2D eigenvalue weighted by Crippen LogP contribution is 2.46. The lowest BCUT2D eigenvalue weighted by Gasteiger charge is -2.27. The average molecular weight is 609 g/mol. The molecule has 6 nitrogen and oxygen atoms in total. The Balaban J connectivity index is 1.70. The number of hydrogen-bond donors (Lipinski definition) is 3. The number of carbonyl (C=O) groups excluding carboxylic acids is 1. The molecule has 0 saturated carbocycles. The summed E-state index contributed by atoms with van der Waals surface area (Å²) in [5, 5.41) is 13.9. The van der Waals surface area contributed by atoms with E-state index in [9.17, 15) is 4.79 Å². The Hall–Kier alpha value is -4.16. The third-order valence-corrected chi connectivity index (χ3v) is 8.77. The largest absolute Gasteiger partial charge is 0.457 e. The van der Waals surface area contributed by atoms with E-state index in [2.05, 4.69) is 50.1 Å². The van der Waals surface area contributed by atoms with Gasteiger partial charge in [0.15, 0.2) is 5.84 Å². The van der Waals surface area contributed by atoms with Crippen LogP contribution in [0.15, 0.2) is 71.7 Å². The summed E-state index contributed by atoms with van der Waals surface area (Å²) in [4.78, 5) is 17.0. The molecule has 0 aromatic heterocycles. The van der Waals surface area contributed by atoms with Gasteiger partial charge in [-0.25, -0.2) is 4.99 Å². The summed E-state index contributed by atoms with van der Waals surface area (Å²) >= 11 is 6.81. The van der Waals surface area contributed by atoms with Crippen molar-refractivity contribution in [1.82, 2.24) is 5.32 Å². The summed E-state index contributed by atoms with van der Waals surface area (Å²) in [5.41, 5.74) is 11.0. The third kappa shape index (κ3) is 6.36. The van der Waals surface area contributed by atoms with Gasteiger partial charge in [-0.2, -0.15) is 0 Å². The van der Waals surface area contributed by atoms with Gasteiger partial charge in [0.1, 0.15) is 17.3 Å². The van der Waals surface area contributed by atoms with Gasteiger partial charge in [0.05, 0.1) is 0 Å². The van der Waals surface area contributed by atoms with E-state index in [1.165, 1.54) is 6.42 Å². The highest BCUT2D eigenvalue weighted by Gasteiger charge is 2.30. The van der Waals surface area contributed by atoms with Crippen molar-refractivity contribution >= 4 is 40.0 Å². The van der Waals surface area contributed by atoms with Crippen LogP contribution in [0.25, 0.3) is 21.9 Å². The van der Waals surface area contributed by atoms with Crippen molar-refractivity contribution in [3.63, 3.8) is 0 Å². The average Bonchev–Trinajstić information content (AvgIpc) is 3.29. The molecule has 0 radical (unpaired) electrons. The van der Waals surface area contributed by atoms with E-state index in [0.29, 0.717) is 39.8 Å². The van der Waals surface area contributed by atoms with Gasteiger partial charge in [-0.05, 0) is 71.7 Å². The molecule has 1 amide bonds. The van der Waals surface area contributed by atoms with Crippen molar-refractivity contribution in [2.75, 3.05) is 6.54 Å². The zero-order valence-electron chi connectivity index (χ0n) is 26.0. The fourth-order valence-corrected chi connectivity index (χ4v) is 6.07. The third-order valence-electron chi connectivity index (χ3n) is 8.44. The number of ether oxygens (including phenoxy) is 1. The number of fused-ring (bicyclic) bond motifs is 2. The minimum atomic E-state index is -0.117. The molecular formula is C37H41ClN4O2. The number of carbonyl (C=O) groups is 1. The second-order valence-corrected chi connectivity index (χ2v) is 12.6. The van der Waals surface area contributed by atoms with Crippen LogP contribution in [0.2, 0.25) is 5.02 Å². The van der Waals surface area contributed by atoms with Crippen LogP contribution in [0.1, 0.15) is 93.3 Å². The van der Waals surface area contributed by atoms with Gasteiger partial charge in [0.2, 0.25) is 0 Å². The number of benzene rings is 4. The summed E-state index contributed by atoms with van der Waals surface area (Å²) in [6, 6.07) is 21.2. The normalized spacial score (nSPS) is 12.8. The molecule has 0 fully saturated rings. The van der Waals surface area contributed by atoms with Crippen molar-refractivity contribution in [2.45, 2.75) is 71.6 Å². The lowest BCUT2D eigenvalue weighted by molar-refractivity contribution is 0.0953. The Morgan fingerprint density at radius 2 is 1.68 bits per heavy atom. The number of rotatable bonds is 12. The quantitative estimate of drug-likeness (QED) is 0.140. The molecule has 1 aliphatic heterocycles. The van der Waals surface area contributed by atoms with E-state index in [4.69, 9.17) is 27.5 Å². The van der Waals surface area contributed by atoms with E-state index >= 15 is 0 Å². The van der Waals surface area contributed by atoms with Crippen LogP contribution >= 0.6 is 11.6 Å². The topological polar surface area (TPSA) is 101 Å². The Morgan fingerprint density at radius 3 is 2.39 bits per heavy atom. The molecule has 0 aliphatic carbocycles. The Kier molecular flexibility index (Phi) is 9.40. The maximum Gasteiger partial charge on any atom is 0.251 e. The van der Waals surface area contributed by atoms with Crippen molar-refractivity contribution in [2.24, 2.45) is 10.7 Å². The summed E-state index contributed by atoms with van der Waals surface area (Å²) in [6.45, 7) is 9.50. The summed E-state index contributed by atoms with van der Waals surface area (Å²) < 4.78 is 6.70. The number of nitrogens with one attached hydrogen (secondary N) is 2. The molecule has 228 valence electrons. The number of halogens is 1. The molecule has 0 unspecified atom stereocenters. The number of amides is 1. The molecule has 44 heavy (non-hydrogen) atoms. The predicted molar refractivity (Wildman–Crippen MR) is 183 cm³/mol. The first-order valence-electron chi connectivity index (χ1n) is 15.5. The van der Waals surface area contributed by atoms with E-state index in [-0.39, 0.29) is 23.0 Å². The van der Waals surface area contributed by atoms with Crippen LogP contribution in [0.4, 0.5) is 0 Å². The molecule has 0 atom stereocenters. The van der Waals surface area contributed by atoms with Gasteiger partial charge >= 0.3 is 0 Å². The first-order chi connectivity index (χ1) is 21.1. The number of unbranched alkanes of at least 4 members (excludes halogenated alkanes) is 3. The smallest absolute Gasteiger partial charge is 0.251 e. The molecule has 5 rings (SSSR count). The van der Waals surface area contributed by atoms with Crippen LogP contribution in [0.3, 0.4) is 0 Å². The van der Waals surface area contributed by atoms with E-state index in [0.717, 1.165) is 59.6 Å². The maximum atomic E-state index is 12.6. The van der Waals surface area contributed by atoms with Gasteiger partial charge in [-0.1, -0.05) is 89.2 Å². The van der Waals surface area contributed by atoms with Crippen molar-refractivity contribution in [3.05, 3.63) is 94.0 Å². The minimum absolute atomic E-state index is 0.0972. The first-order valence-corrected chi connectivity index (χ1v) is 15.9. The van der Waals surface area contributed by atoms with E-state index in [1.54, 1.807) is 12.1 Å². The summed E-state index contributed by atoms with van der Waals surface area (Å²) in [7, 11) is 0. The molecule has 0 saturated heterocycles. The van der Waals surface area contributed by atoms with Crippen LogP contribution in [0, 0.1) is 5.41 Å². The molecule has 4 aromatic rings. The van der Waals surface area contributed by atoms with Crippen LogP contribution in [0.5, 0.6) is 11.5 Å². The molecule has 7 heteroatoms. The highest BCUT2D eigenvalue weighted by molar-refractivity contribution is 6.35. The van der Waals surface area contributed by atoms with Gasteiger partial charge in [-0.3, -0.25) is 10.2 Å².